The zero-order chi connectivity index (χ0) is 5.70. The first-order chi connectivity index (χ1) is 3.31. The van der Waals surface area contributed by atoms with E-state index in [0.717, 1.165) is 5.75 Å². The molecule has 1 unspecified atom stereocenters. The number of carbonyl (C=O) groups excluding carboxylic acids is 1. The molecule has 0 aromatic heterocycles. The zero-order valence-corrected chi connectivity index (χ0v) is 8.66. The average Bonchev–Trinajstić information content (AvgIpc) is 1.68. The summed E-state index contributed by atoms with van der Waals surface area (Å²) < 4.78 is 0. The van der Waals surface area contributed by atoms with Crippen LogP contribution in [0.4, 0.5) is 0 Å². The summed E-state index contributed by atoms with van der Waals surface area (Å²) in [4.78, 5) is 9.62. The summed E-state index contributed by atoms with van der Waals surface area (Å²) in [5.41, 5.74) is 0. The minimum Gasteiger partial charge on any atom is -0.542 e. The zero-order valence-electron chi connectivity index (χ0n) is 4.92. The van der Waals surface area contributed by atoms with Gasteiger partial charge < -0.3 is 4.79 Å². The normalized spacial score (nSPS) is 11.8. The molecule has 0 saturated carbocycles. The predicted molar refractivity (Wildman–Crippen MR) is 33.3 cm³/mol. The van der Waals surface area contributed by atoms with Gasteiger partial charge in [-0.3, -0.25) is 6.29 Å². The van der Waals surface area contributed by atoms with E-state index in [-0.39, 0.29) is 32.7 Å². The van der Waals surface area contributed by atoms with E-state index in [2.05, 4.69) is 12.6 Å². The average molecular weight is 206 g/mol. The minimum absolute atomic E-state index is 0. The summed E-state index contributed by atoms with van der Waals surface area (Å²) in [6.07, 6.45) is 2.34. The van der Waals surface area contributed by atoms with E-state index in [0.29, 0.717) is 12.3 Å². The third-order valence-electron chi connectivity index (χ3n) is 0.743. The first-order valence-corrected chi connectivity index (χ1v) is 2.90. The largest absolute Gasteiger partial charge is 0.542 e. The van der Waals surface area contributed by atoms with E-state index in [1.165, 1.54) is 0 Å². The second kappa shape index (κ2) is 8.12. The van der Waals surface area contributed by atoms with Gasteiger partial charge in [0.15, 0.2) is 0 Å². The number of hydrogen-bond acceptors (Lipinski definition) is 2. The Labute approximate surface area is 80.9 Å². The Balaban J connectivity index is 0. The van der Waals surface area contributed by atoms with E-state index in [1.807, 2.05) is 13.2 Å². The topological polar surface area (TPSA) is 17.1 Å². The second-order valence-electron chi connectivity index (χ2n) is 1.64. The molecule has 0 heterocycles. The molecule has 0 N–H and O–H groups in total. The van der Waals surface area contributed by atoms with Gasteiger partial charge in [-0.1, -0.05) is 12.8 Å². The Bertz CT molecular complexity index is 58.4. The van der Waals surface area contributed by atoms with Crippen LogP contribution in [0.2, 0.25) is 0 Å². The van der Waals surface area contributed by atoms with Crippen molar-refractivity contribution in [1.82, 2.24) is 0 Å². The monoisotopic (exact) mass is 206 g/mol. The fourth-order valence-electron chi connectivity index (χ4n) is 0.207. The molecule has 45 valence electrons. The van der Waals surface area contributed by atoms with Crippen LogP contribution in [0.15, 0.2) is 0 Å². The molecule has 0 rings (SSSR count). The molecule has 3 heteroatoms. The Morgan fingerprint density at radius 3 is 2.38 bits per heavy atom. The van der Waals surface area contributed by atoms with Gasteiger partial charge in [-0.25, -0.2) is 0 Å². The summed E-state index contributed by atoms with van der Waals surface area (Å²) in [7, 11) is 0. The molecule has 0 amide bonds. The number of thiol groups is 1. The summed E-state index contributed by atoms with van der Waals surface area (Å²) in [5.74, 6) is 1.16. The molecule has 0 aromatic carbocycles. The fraction of sp³-hybridized carbons (Fsp3) is 0.800. The Morgan fingerprint density at radius 2 is 2.25 bits per heavy atom. The molecule has 0 aliphatic rings. The summed E-state index contributed by atoms with van der Waals surface area (Å²) in [5, 5.41) is 0. The first kappa shape index (κ1) is 11.9. The Hall–Kier alpha value is 1.12. The van der Waals surface area contributed by atoms with Gasteiger partial charge in [0.2, 0.25) is 0 Å². The Kier molecular flexibility index (Phi) is 12.0. The van der Waals surface area contributed by atoms with Gasteiger partial charge in [-0.2, -0.15) is 12.6 Å². The smallest absolute Gasteiger partial charge is 0 e. The molecular formula is C5H9OSY-. The van der Waals surface area contributed by atoms with Crippen LogP contribution >= 0.6 is 12.6 Å². The maximum atomic E-state index is 9.62. The van der Waals surface area contributed by atoms with Crippen LogP contribution in [-0.2, 0) is 37.5 Å². The predicted octanol–water partition coefficient (Wildman–Crippen LogP) is 1.05. The molecule has 8 heavy (non-hydrogen) atoms. The van der Waals surface area contributed by atoms with Gasteiger partial charge in [-0.05, 0) is 5.75 Å². The third-order valence-corrected chi connectivity index (χ3v) is 1.37. The van der Waals surface area contributed by atoms with Crippen molar-refractivity contribution in [2.45, 2.75) is 13.3 Å². The molecule has 0 saturated heterocycles. The standard InChI is InChI=1S/C5H9OS.Y/c1-5(4-7)2-3-6;/h5,7H,2,4H2,1H3;/q-1;. The van der Waals surface area contributed by atoms with Crippen molar-refractivity contribution in [3.63, 3.8) is 0 Å². The van der Waals surface area contributed by atoms with Gasteiger partial charge >= 0.3 is 0 Å². The van der Waals surface area contributed by atoms with Gasteiger partial charge in [-0.15, -0.1) is 6.42 Å². The molecule has 1 nitrogen and oxygen atoms in total. The summed E-state index contributed by atoms with van der Waals surface area (Å²) in [6, 6.07) is 0. The van der Waals surface area contributed by atoms with Crippen LogP contribution in [0, 0.1) is 5.92 Å². The second-order valence-corrected chi connectivity index (χ2v) is 2.00. The van der Waals surface area contributed by atoms with Crippen LogP contribution < -0.4 is 0 Å². The van der Waals surface area contributed by atoms with Crippen LogP contribution in [0.1, 0.15) is 13.3 Å². The first-order valence-electron chi connectivity index (χ1n) is 2.27. The molecule has 0 spiro atoms. The van der Waals surface area contributed by atoms with Crippen molar-refractivity contribution in [2.24, 2.45) is 5.92 Å². The molecule has 1 atom stereocenters. The van der Waals surface area contributed by atoms with Crippen molar-refractivity contribution in [3.8, 4) is 0 Å². The molecule has 0 bridgehead atoms. The molecule has 1 radical (unpaired) electrons. The van der Waals surface area contributed by atoms with E-state index < -0.39 is 0 Å². The van der Waals surface area contributed by atoms with E-state index >= 15 is 0 Å². The third kappa shape index (κ3) is 7.12. The van der Waals surface area contributed by atoms with Gasteiger partial charge in [0, 0.05) is 32.7 Å². The maximum Gasteiger partial charge on any atom is 0 e. The van der Waals surface area contributed by atoms with Crippen LogP contribution in [0.5, 0.6) is 0 Å². The quantitative estimate of drug-likeness (QED) is 0.539. The molecule has 0 fully saturated rings. The van der Waals surface area contributed by atoms with Crippen molar-refractivity contribution < 1.29 is 37.5 Å². The van der Waals surface area contributed by atoms with Gasteiger partial charge in [0.25, 0.3) is 0 Å². The van der Waals surface area contributed by atoms with Crippen molar-refractivity contribution in [1.29, 1.82) is 0 Å². The fourth-order valence-corrected chi connectivity index (χ4v) is 0.336. The molecule has 0 aliphatic carbocycles. The van der Waals surface area contributed by atoms with Crippen molar-refractivity contribution in [3.05, 3.63) is 0 Å². The van der Waals surface area contributed by atoms with E-state index in [1.54, 1.807) is 0 Å². The molecular weight excluding hydrogens is 197 g/mol. The van der Waals surface area contributed by atoms with Crippen LogP contribution in [0.3, 0.4) is 0 Å². The summed E-state index contributed by atoms with van der Waals surface area (Å²) in [6.45, 7) is 1.97. The number of hydrogen-bond donors (Lipinski definition) is 1. The van der Waals surface area contributed by atoms with E-state index in [4.69, 9.17) is 0 Å². The SMILES string of the molecule is CC(CS)C[C-]=O.[Y]. The van der Waals surface area contributed by atoms with Crippen molar-refractivity contribution in [2.75, 3.05) is 5.75 Å². The van der Waals surface area contributed by atoms with Gasteiger partial charge in [0.1, 0.15) is 0 Å². The van der Waals surface area contributed by atoms with Crippen LogP contribution in [0.25, 0.3) is 0 Å². The Morgan fingerprint density at radius 1 is 1.75 bits per heavy atom. The van der Waals surface area contributed by atoms with Gasteiger partial charge in [0.05, 0.1) is 0 Å². The maximum absolute atomic E-state index is 9.62. The molecule has 0 aliphatic heterocycles. The molecule has 0 aromatic rings. The van der Waals surface area contributed by atoms with E-state index in [9.17, 15) is 4.79 Å². The van der Waals surface area contributed by atoms with Crippen LogP contribution in [-0.4, -0.2) is 12.0 Å². The van der Waals surface area contributed by atoms with Crippen molar-refractivity contribution >= 4 is 18.9 Å². The number of rotatable bonds is 3. The minimum atomic E-state index is 0. The summed E-state index contributed by atoms with van der Waals surface area (Å²) >= 11 is 3.97.